The first kappa shape index (κ1) is 30.1. The molecule has 0 saturated heterocycles. The number of nitrogens with zero attached hydrogens (tertiary/aromatic N) is 1. The Morgan fingerprint density at radius 1 is 0.793 bits per heavy atom. The van der Waals surface area contributed by atoms with Gasteiger partial charge < -0.3 is 26.2 Å². The zero-order valence-electron chi connectivity index (χ0n) is 18.4. The summed E-state index contributed by atoms with van der Waals surface area (Å²) in [6.45, 7) is 5.23. The van der Waals surface area contributed by atoms with Crippen LogP contribution in [0.1, 0.15) is 78.1 Å². The first-order valence-corrected chi connectivity index (χ1v) is 10.9. The van der Waals surface area contributed by atoms with Crippen LogP contribution < -0.4 is 5.73 Å². The number of unbranched alkanes of at least 4 members (excludes halogenated alkanes) is 8. The molecule has 0 radical (unpaired) electrons. The smallest absolute Gasteiger partial charge is 0.331 e. The number of carboxylic acid groups (broad SMARTS) is 1. The van der Waals surface area contributed by atoms with Gasteiger partial charge >= 0.3 is 5.97 Å². The number of hydrogen-bond donors (Lipinski definition) is 5. The van der Waals surface area contributed by atoms with Gasteiger partial charge in [-0.05, 0) is 13.3 Å². The van der Waals surface area contributed by atoms with Crippen LogP contribution in [-0.2, 0) is 9.59 Å². The number of aliphatic hydroxyl groups is 3. The number of carbonyl (C=O) groups excluding carboxylic acids is 1. The molecule has 0 heterocycles. The van der Waals surface area contributed by atoms with Gasteiger partial charge in [0.05, 0.1) is 19.8 Å². The lowest BCUT2D eigenvalue weighted by Crippen LogP contribution is -2.52. The molecule has 0 aliphatic carbocycles. The number of carboxylic acids is 1. The van der Waals surface area contributed by atoms with Crippen LogP contribution in [0, 0.1) is 0 Å². The third kappa shape index (κ3) is 17.5. The van der Waals surface area contributed by atoms with Gasteiger partial charge in [0, 0.05) is 26.1 Å². The Hall–Kier alpha value is -1.06. The maximum absolute atomic E-state index is 11.6. The predicted octanol–water partition coefficient (Wildman–Crippen LogP) is 1.54. The summed E-state index contributed by atoms with van der Waals surface area (Å²) in [5.41, 5.74) is 3.74. The van der Waals surface area contributed by atoms with Crippen LogP contribution in [0.5, 0.6) is 0 Å². The monoisotopic (exact) mass is 420 g/mol. The third-order valence-electron chi connectivity index (χ3n) is 4.78. The Bertz CT molecular complexity index is 390. The summed E-state index contributed by atoms with van der Waals surface area (Å²) in [4.78, 5) is 24.2. The van der Waals surface area contributed by atoms with Gasteiger partial charge in [-0.1, -0.05) is 58.3 Å². The van der Waals surface area contributed by atoms with Crippen LogP contribution in [0.4, 0.5) is 0 Å². The average molecular weight is 421 g/mol. The fourth-order valence-corrected chi connectivity index (χ4v) is 2.73. The van der Waals surface area contributed by atoms with Gasteiger partial charge in [0.1, 0.15) is 0 Å². The molecule has 0 saturated carbocycles. The summed E-state index contributed by atoms with van der Waals surface area (Å²) >= 11 is 0. The van der Waals surface area contributed by atoms with Gasteiger partial charge in [-0.2, -0.15) is 0 Å². The Morgan fingerprint density at radius 3 is 1.52 bits per heavy atom. The molecule has 1 atom stereocenters. The largest absolute Gasteiger partial charge is 0.480 e. The normalized spacial score (nSPS) is 12.9. The van der Waals surface area contributed by atoms with Gasteiger partial charge in [0.25, 0.3) is 0 Å². The molecule has 0 spiro atoms. The molecule has 0 aromatic rings. The lowest BCUT2D eigenvalue weighted by molar-refractivity contribution is -0.147. The van der Waals surface area contributed by atoms with E-state index < -0.39 is 11.5 Å². The van der Waals surface area contributed by atoms with E-state index in [2.05, 4.69) is 6.92 Å². The molecule has 0 rings (SSSR count). The van der Waals surface area contributed by atoms with E-state index in [1.165, 1.54) is 45.4 Å². The van der Waals surface area contributed by atoms with Crippen molar-refractivity contribution in [3.8, 4) is 0 Å². The van der Waals surface area contributed by atoms with Gasteiger partial charge in [0.15, 0.2) is 11.3 Å². The van der Waals surface area contributed by atoms with E-state index in [4.69, 9.17) is 26.2 Å². The zero-order valence-corrected chi connectivity index (χ0v) is 18.4. The zero-order chi connectivity index (χ0) is 22.5. The first-order valence-electron chi connectivity index (χ1n) is 10.9. The van der Waals surface area contributed by atoms with Crippen molar-refractivity contribution < 1.29 is 30.0 Å². The van der Waals surface area contributed by atoms with Crippen LogP contribution in [0.25, 0.3) is 0 Å². The second-order valence-corrected chi connectivity index (χ2v) is 7.52. The van der Waals surface area contributed by atoms with Crippen LogP contribution >= 0.6 is 0 Å². The Balaban J connectivity index is 0. The quantitative estimate of drug-likeness (QED) is 0.166. The maximum atomic E-state index is 11.6. The van der Waals surface area contributed by atoms with Crippen LogP contribution in [0.15, 0.2) is 0 Å². The standard InChI is InChI=1S/C15H29NO3.C6H15NO3/c1-3-4-5-6-7-8-9-10-11-12-13(17)15(2,16)14(18)19;8-4-1-7(2-5-9)3-6-10/h3-12,16H2,1-2H3,(H,18,19);8-10H,1-6H2. The fourth-order valence-electron chi connectivity index (χ4n) is 2.73. The molecule has 0 aliphatic heterocycles. The van der Waals surface area contributed by atoms with Gasteiger partial charge in [-0.15, -0.1) is 0 Å². The van der Waals surface area contributed by atoms with Gasteiger partial charge in [-0.25, -0.2) is 4.79 Å². The Labute approximate surface area is 176 Å². The summed E-state index contributed by atoms with van der Waals surface area (Å²) in [6, 6.07) is 0. The van der Waals surface area contributed by atoms with Crippen molar-refractivity contribution in [2.75, 3.05) is 39.5 Å². The van der Waals surface area contributed by atoms with Crippen molar-refractivity contribution in [1.82, 2.24) is 4.90 Å². The summed E-state index contributed by atoms with van der Waals surface area (Å²) < 4.78 is 0. The number of carbonyl (C=O) groups is 2. The summed E-state index contributed by atoms with van der Waals surface area (Å²) in [5, 5.41) is 34.3. The molecule has 0 aliphatic rings. The van der Waals surface area contributed by atoms with Crippen LogP contribution in [0.3, 0.4) is 0 Å². The number of rotatable bonds is 18. The second-order valence-electron chi connectivity index (χ2n) is 7.52. The molecule has 0 amide bonds. The van der Waals surface area contributed by atoms with Crippen LogP contribution in [0.2, 0.25) is 0 Å². The van der Waals surface area contributed by atoms with Crippen molar-refractivity contribution in [1.29, 1.82) is 0 Å². The summed E-state index contributed by atoms with van der Waals surface area (Å²) in [6.07, 6.45) is 10.8. The average Bonchev–Trinajstić information content (AvgIpc) is 2.67. The fraction of sp³-hybridized carbons (Fsp3) is 0.905. The molecule has 8 heteroatoms. The highest BCUT2D eigenvalue weighted by Gasteiger charge is 2.35. The number of hydrogen-bond acceptors (Lipinski definition) is 7. The molecule has 6 N–H and O–H groups in total. The lowest BCUT2D eigenvalue weighted by Gasteiger charge is -2.17. The van der Waals surface area contributed by atoms with Crippen molar-refractivity contribution in [2.24, 2.45) is 5.73 Å². The molecule has 29 heavy (non-hydrogen) atoms. The SMILES string of the molecule is CCCCCCCCCCCC(=O)C(C)(N)C(=O)O.OCCN(CCO)CCO. The van der Waals surface area contributed by atoms with Gasteiger partial charge in [-0.3, -0.25) is 9.69 Å². The Kier molecular flexibility index (Phi) is 21.0. The van der Waals surface area contributed by atoms with E-state index in [0.717, 1.165) is 19.3 Å². The number of Topliss-reactive ketones (excluding diaryl/α,β-unsaturated/α-hetero) is 1. The number of ketones is 1. The van der Waals surface area contributed by atoms with E-state index in [1.807, 2.05) is 0 Å². The highest BCUT2D eigenvalue weighted by molar-refractivity contribution is 6.06. The van der Waals surface area contributed by atoms with Crippen LogP contribution in [-0.4, -0.2) is 82.1 Å². The maximum Gasteiger partial charge on any atom is 0.331 e. The minimum absolute atomic E-state index is 0.0694. The topological polar surface area (TPSA) is 144 Å². The molecular formula is C21H44N2O6. The first-order chi connectivity index (χ1) is 13.8. The molecule has 174 valence electrons. The highest BCUT2D eigenvalue weighted by Crippen LogP contribution is 2.13. The number of aliphatic hydroxyl groups excluding tert-OH is 3. The molecule has 1 unspecified atom stereocenters. The van der Waals surface area contributed by atoms with Crippen molar-refractivity contribution in [3.63, 3.8) is 0 Å². The van der Waals surface area contributed by atoms with E-state index in [0.29, 0.717) is 19.6 Å². The molecular weight excluding hydrogens is 376 g/mol. The van der Waals surface area contributed by atoms with Crippen molar-refractivity contribution in [3.05, 3.63) is 0 Å². The Morgan fingerprint density at radius 2 is 1.17 bits per heavy atom. The molecule has 0 fully saturated rings. The van der Waals surface area contributed by atoms with Crippen molar-refractivity contribution >= 4 is 11.8 Å². The number of aliphatic carboxylic acids is 1. The molecule has 0 bridgehead atoms. The molecule has 0 aromatic heterocycles. The minimum atomic E-state index is -1.72. The van der Waals surface area contributed by atoms with Gasteiger partial charge in [0.2, 0.25) is 0 Å². The summed E-state index contributed by atoms with van der Waals surface area (Å²) in [7, 11) is 0. The number of nitrogens with two attached hydrogens (primary N) is 1. The highest BCUT2D eigenvalue weighted by atomic mass is 16.4. The van der Waals surface area contributed by atoms with E-state index in [-0.39, 0.29) is 32.0 Å². The minimum Gasteiger partial charge on any atom is -0.480 e. The third-order valence-corrected chi connectivity index (χ3v) is 4.78. The predicted molar refractivity (Wildman–Crippen MR) is 115 cm³/mol. The molecule has 8 nitrogen and oxygen atoms in total. The second kappa shape index (κ2) is 20.2. The van der Waals surface area contributed by atoms with E-state index >= 15 is 0 Å². The summed E-state index contributed by atoms with van der Waals surface area (Å²) in [5.74, 6) is -1.61. The lowest BCUT2D eigenvalue weighted by atomic mass is 9.93. The molecule has 0 aromatic carbocycles. The van der Waals surface area contributed by atoms with E-state index in [9.17, 15) is 9.59 Å². The van der Waals surface area contributed by atoms with Crippen molar-refractivity contribution in [2.45, 2.75) is 83.6 Å². The van der Waals surface area contributed by atoms with E-state index in [1.54, 1.807) is 4.90 Å².